The first-order valence-corrected chi connectivity index (χ1v) is 5.59. The first-order chi connectivity index (χ1) is 5.54. The molecule has 0 saturated carbocycles. The van der Waals surface area contributed by atoms with Crippen molar-refractivity contribution in [1.29, 1.82) is 0 Å². The van der Waals surface area contributed by atoms with Crippen LogP contribution in [-0.2, 0) is 29.5 Å². The zero-order valence-electron chi connectivity index (χ0n) is 6.77. The molecular weight excluding hydrogens is 298 g/mol. The van der Waals surface area contributed by atoms with Crippen molar-refractivity contribution in [3.05, 3.63) is 35.4 Å². The van der Waals surface area contributed by atoms with E-state index in [9.17, 15) is 13.2 Å². The molecule has 0 bridgehead atoms. The Kier molecular flexibility index (Phi) is 5.15. The Hall–Kier alpha value is 0.113. The van der Waals surface area contributed by atoms with Crippen LogP contribution in [0.2, 0.25) is 0 Å². The van der Waals surface area contributed by atoms with Crippen LogP contribution in [0.15, 0.2) is 24.3 Å². The minimum atomic E-state index is -4.20. The van der Waals surface area contributed by atoms with Gasteiger partial charge in [-0.25, -0.2) is 0 Å². The summed E-state index contributed by atoms with van der Waals surface area (Å²) in [6, 6.07) is 5.48. The molecule has 0 N–H and O–H groups in total. The number of alkyl halides is 3. The van der Waals surface area contributed by atoms with Crippen LogP contribution in [0.4, 0.5) is 13.2 Å². The van der Waals surface area contributed by atoms with Gasteiger partial charge in [-0.15, -0.1) is 17.0 Å². The zero-order chi connectivity index (χ0) is 9.19. The van der Waals surface area contributed by atoms with Gasteiger partial charge in [0.25, 0.3) is 0 Å². The molecule has 0 aliphatic carbocycles. The van der Waals surface area contributed by atoms with Crippen molar-refractivity contribution in [2.24, 2.45) is 0 Å². The van der Waals surface area contributed by atoms with Gasteiger partial charge < -0.3 is 0 Å². The molecule has 0 aliphatic heterocycles. The van der Waals surface area contributed by atoms with Crippen LogP contribution in [0.1, 0.15) is 11.1 Å². The van der Waals surface area contributed by atoms with Crippen LogP contribution in [0.25, 0.3) is 0 Å². The molecule has 0 aliphatic rings. The van der Waals surface area contributed by atoms with Crippen molar-refractivity contribution in [3.8, 4) is 0 Å². The van der Waals surface area contributed by atoms with E-state index in [4.69, 9.17) is 0 Å². The quantitative estimate of drug-likeness (QED) is 0.698. The minimum absolute atomic E-state index is 0. The van der Waals surface area contributed by atoms with Crippen LogP contribution < -0.4 is 0 Å². The molecule has 0 radical (unpaired) electrons. The summed E-state index contributed by atoms with van der Waals surface area (Å²) in [5, 5.41) is 0.754. The predicted molar refractivity (Wildman–Crippen MR) is 45.5 cm³/mol. The number of halogens is 4. The number of rotatable bonds is 1. The van der Waals surface area contributed by atoms with E-state index in [-0.39, 0.29) is 17.0 Å². The first kappa shape index (κ1) is 13.1. The molecule has 13 heavy (non-hydrogen) atoms. The van der Waals surface area contributed by atoms with E-state index in [1.165, 1.54) is 12.1 Å². The average molecular weight is 305 g/mol. The van der Waals surface area contributed by atoms with E-state index < -0.39 is 11.7 Å². The molecule has 0 nitrogen and oxygen atoms in total. The van der Waals surface area contributed by atoms with E-state index in [0.717, 1.165) is 34.9 Å². The Bertz CT molecular complexity index is 272. The van der Waals surface area contributed by atoms with Gasteiger partial charge in [0.05, 0.1) is 0 Å². The van der Waals surface area contributed by atoms with Gasteiger partial charge >= 0.3 is 78.1 Å². The molecule has 69 valence electrons. The maximum atomic E-state index is 12.1. The fourth-order valence-corrected chi connectivity index (χ4v) is 1.56. The zero-order valence-corrected chi connectivity index (χ0v) is 11.4. The first-order valence-electron chi connectivity index (χ1n) is 3.49. The summed E-state index contributed by atoms with van der Waals surface area (Å²) in [5.41, 5.74) is 0.221. The molecule has 5 heteroatoms. The Morgan fingerprint density at radius 3 is 2.31 bits per heavy atom. The van der Waals surface area contributed by atoms with Crippen molar-refractivity contribution in [2.45, 2.75) is 11.2 Å². The van der Waals surface area contributed by atoms with Gasteiger partial charge in [-0.3, -0.25) is 0 Å². The molecule has 0 spiro atoms. The van der Waals surface area contributed by atoms with Crippen LogP contribution in [0, 0.1) is 0 Å². The van der Waals surface area contributed by atoms with Gasteiger partial charge in [-0.1, -0.05) is 0 Å². The van der Waals surface area contributed by atoms with Gasteiger partial charge in [0, 0.05) is 0 Å². The molecule has 0 saturated heterocycles. The number of hydrogen-bond acceptors (Lipinski definition) is 0. The number of hydrogen-bond donors (Lipinski definition) is 0. The van der Waals surface area contributed by atoms with Crippen LogP contribution >= 0.6 is 17.0 Å². The summed E-state index contributed by atoms with van der Waals surface area (Å²) in [7, 11) is 0. The molecule has 1 rings (SSSR count). The van der Waals surface area contributed by atoms with Gasteiger partial charge in [0.15, 0.2) is 0 Å². The van der Waals surface area contributed by atoms with E-state index in [0.29, 0.717) is 0 Å². The molecular formula is C8H7BrF3Zn. The second kappa shape index (κ2) is 5.11. The SMILES string of the molecule is Br.FC(F)(F)c1cccc([CH2][Zn])c1. The fraction of sp³-hybridized carbons (Fsp3) is 0.250. The standard InChI is InChI=1S/C8H6F3.BrH.Zn/c1-6-3-2-4-7(5-6)8(9,10)11;;/h2-5H,1H2;1H;. The second-order valence-corrected chi connectivity index (χ2v) is 3.50. The summed E-state index contributed by atoms with van der Waals surface area (Å²) in [4.78, 5) is 0. The predicted octanol–water partition coefficient (Wildman–Crippen LogP) is 3.33. The van der Waals surface area contributed by atoms with Crippen LogP contribution in [0.3, 0.4) is 0 Å². The van der Waals surface area contributed by atoms with Crippen molar-refractivity contribution < 1.29 is 31.5 Å². The van der Waals surface area contributed by atoms with Crippen LogP contribution in [-0.4, -0.2) is 0 Å². The summed E-state index contributed by atoms with van der Waals surface area (Å²) < 4.78 is 36.3. The summed E-state index contributed by atoms with van der Waals surface area (Å²) in [6.45, 7) is 0. The molecule has 1 aromatic carbocycles. The third-order valence-corrected chi connectivity index (χ3v) is 2.75. The van der Waals surface area contributed by atoms with Crippen molar-refractivity contribution in [3.63, 3.8) is 0 Å². The Morgan fingerprint density at radius 1 is 1.23 bits per heavy atom. The second-order valence-electron chi connectivity index (χ2n) is 2.45. The Morgan fingerprint density at radius 2 is 1.85 bits per heavy atom. The monoisotopic (exact) mass is 303 g/mol. The van der Waals surface area contributed by atoms with Gasteiger partial charge in [-0.05, 0) is 0 Å². The van der Waals surface area contributed by atoms with E-state index >= 15 is 0 Å². The average Bonchev–Trinajstić information content (AvgIpc) is 2.03. The number of benzene rings is 1. The van der Waals surface area contributed by atoms with Crippen LogP contribution in [0.5, 0.6) is 0 Å². The van der Waals surface area contributed by atoms with Crippen molar-refractivity contribution in [2.75, 3.05) is 0 Å². The molecule has 0 aromatic heterocycles. The van der Waals surface area contributed by atoms with Gasteiger partial charge in [-0.2, -0.15) is 0 Å². The maximum absolute atomic E-state index is 12.1. The molecule has 0 unspecified atom stereocenters. The Labute approximate surface area is 95.0 Å². The third kappa shape index (κ3) is 3.78. The topological polar surface area (TPSA) is 0 Å². The molecule has 0 fully saturated rings. The van der Waals surface area contributed by atoms with Crippen molar-refractivity contribution in [1.82, 2.24) is 0 Å². The van der Waals surface area contributed by atoms with E-state index in [1.54, 1.807) is 6.07 Å². The summed E-state index contributed by atoms with van der Waals surface area (Å²) in [6.07, 6.45) is -4.20. The third-order valence-electron chi connectivity index (χ3n) is 1.54. The summed E-state index contributed by atoms with van der Waals surface area (Å²) >= 11 is 0.987. The molecule has 1 aromatic rings. The van der Waals surface area contributed by atoms with Gasteiger partial charge in [0.2, 0.25) is 0 Å². The normalized spacial score (nSPS) is 10.8. The van der Waals surface area contributed by atoms with Crippen molar-refractivity contribution >= 4 is 17.0 Å². The Balaban J connectivity index is 0.00000144. The molecule has 0 amide bonds. The van der Waals surface area contributed by atoms with E-state index in [2.05, 4.69) is 0 Å². The summed E-state index contributed by atoms with van der Waals surface area (Å²) in [5.74, 6) is 0. The molecule has 0 heterocycles. The fourth-order valence-electron chi connectivity index (χ4n) is 0.903. The molecule has 0 atom stereocenters. The van der Waals surface area contributed by atoms with E-state index in [1.807, 2.05) is 0 Å². The van der Waals surface area contributed by atoms with Gasteiger partial charge in [0.1, 0.15) is 0 Å².